The summed E-state index contributed by atoms with van der Waals surface area (Å²) in [7, 11) is 0. The molecule has 1 heterocycles. The number of thiazole rings is 1. The van der Waals surface area contributed by atoms with Crippen molar-refractivity contribution >= 4 is 51.3 Å². The van der Waals surface area contributed by atoms with E-state index in [1.54, 1.807) is 23.6 Å². The summed E-state index contributed by atoms with van der Waals surface area (Å²) in [6.07, 6.45) is 0. The van der Waals surface area contributed by atoms with Crippen molar-refractivity contribution in [3.63, 3.8) is 0 Å². The lowest BCUT2D eigenvalue weighted by atomic mass is 10.1. The number of carboxylic acid groups (broad SMARTS) is 1. The molecule has 0 radical (unpaired) electrons. The van der Waals surface area contributed by atoms with Crippen molar-refractivity contribution < 1.29 is 9.90 Å². The minimum atomic E-state index is -1.27. The van der Waals surface area contributed by atoms with Gasteiger partial charge in [-0.3, -0.25) is 0 Å². The number of halogens is 2. The summed E-state index contributed by atoms with van der Waals surface area (Å²) in [4.78, 5) is 26.5. The van der Waals surface area contributed by atoms with Gasteiger partial charge in [0.05, 0.1) is 15.7 Å². The number of benzene rings is 2. The van der Waals surface area contributed by atoms with Crippen molar-refractivity contribution in [3.8, 4) is 11.3 Å². The Labute approximate surface area is 167 Å². The number of rotatable bonds is 6. The lowest BCUT2D eigenvalue weighted by Crippen LogP contribution is -2.08. The van der Waals surface area contributed by atoms with Crippen molar-refractivity contribution in [2.75, 3.05) is 0 Å². The average Bonchev–Trinajstić information content (AvgIpc) is 3.13. The van der Waals surface area contributed by atoms with E-state index in [-0.39, 0.29) is 10.8 Å². The molecule has 0 amide bonds. The molecule has 1 unspecified atom stereocenters. The number of nitroso groups, excluding NO2 is 1. The van der Waals surface area contributed by atoms with Crippen LogP contribution in [0.4, 0.5) is 10.8 Å². The van der Waals surface area contributed by atoms with Gasteiger partial charge in [-0.05, 0) is 35.0 Å². The Morgan fingerprint density at radius 3 is 2.67 bits per heavy atom. The molecular weight excluding hydrogens is 411 g/mol. The van der Waals surface area contributed by atoms with Gasteiger partial charge in [-0.2, -0.15) is 5.11 Å². The van der Waals surface area contributed by atoms with Crippen molar-refractivity contribution in [2.24, 2.45) is 15.4 Å². The summed E-state index contributed by atoms with van der Waals surface area (Å²) < 4.78 is 0. The molecule has 27 heavy (non-hydrogen) atoms. The Morgan fingerprint density at radius 2 is 1.96 bits per heavy atom. The molecule has 0 fully saturated rings. The fourth-order valence-electron chi connectivity index (χ4n) is 2.22. The highest BCUT2D eigenvalue weighted by molar-refractivity contribution is 7.13. The molecule has 0 saturated carbocycles. The molecule has 0 saturated heterocycles. The van der Waals surface area contributed by atoms with E-state index in [1.165, 1.54) is 35.6 Å². The third-order valence-electron chi connectivity index (χ3n) is 3.49. The van der Waals surface area contributed by atoms with Crippen molar-refractivity contribution in [1.29, 1.82) is 0 Å². The Balaban J connectivity index is 1.85. The van der Waals surface area contributed by atoms with Crippen LogP contribution in [-0.2, 0) is 4.79 Å². The predicted molar refractivity (Wildman–Crippen MR) is 104 cm³/mol. The molecule has 3 aromatic rings. The zero-order chi connectivity index (χ0) is 19.4. The highest BCUT2D eigenvalue weighted by Gasteiger charge is 2.20. The summed E-state index contributed by atoms with van der Waals surface area (Å²) in [5.41, 5.74) is 1.78. The first-order valence-electron chi connectivity index (χ1n) is 7.46. The summed E-state index contributed by atoms with van der Waals surface area (Å²) in [6.45, 7) is 0. The lowest BCUT2D eigenvalue weighted by Gasteiger charge is -2.06. The van der Waals surface area contributed by atoms with Gasteiger partial charge in [-0.15, -0.1) is 21.4 Å². The predicted octanol–water partition coefficient (Wildman–Crippen LogP) is 6.42. The molecule has 2 aromatic carbocycles. The van der Waals surface area contributed by atoms with Crippen LogP contribution >= 0.6 is 34.5 Å². The number of carbonyl (C=O) groups is 1. The van der Waals surface area contributed by atoms with E-state index in [9.17, 15) is 14.8 Å². The monoisotopic (exact) mass is 420 g/mol. The molecular formula is C17H10Cl2N4O3S. The molecule has 3 rings (SSSR count). The maximum atomic E-state index is 11.5. The topological polar surface area (TPSA) is 104 Å². The molecule has 0 aliphatic carbocycles. The molecule has 1 N–H and O–H groups in total. The van der Waals surface area contributed by atoms with Crippen molar-refractivity contribution in [2.45, 2.75) is 6.04 Å². The van der Waals surface area contributed by atoms with E-state index in [4.69, 9.17) is 23.2 Å². The number of nitrogens with zero attached hydrogens (tertiary/aromatic N) is 4. The number of carboxylic acids is 1. The number of aromatic nitrogens is 1. The van der Waals surface area contributed by atoms with Gasteiger partial charge in [-0.25, -0.2) is 9.78 Å². The molecule has 7 nitrogen and oxygen atoms in total. The van der Waals surface area contributed by atoms with Crippen molar-refractivity contribution in [3.05, 3.63) is 68.4 Å². The molecule has 0 bridgehead atoms. The van der Waals surface area contributed by atoms with Gasteiger partial charge in [0.2, 0.25) is 5.13 Å². The largest absolute Gasteiger partial charge is 0.479 e. The van der Waals surface area contributed by atoms with Crippen molar-refractivity contribution in [1.82, 2.24) is 4.98 Å². The van der Waals surface area contributed by atoms with Crippen LogP contribution in [-0.4, -0.2) is 16.1 Å². The molecule has 0 spiro atoms. The van der Waals surface area contributed by atoms with E-state index in [0.717, 1.165) is 5.56 Å². The van der Waals surface area contributed by atoms with Gasteiger partial charge in [-0.1, -0.05) is 41.4 Å². The van der Waals surface area contributed by atoms with Gasteiger partial charge in [0.15, 0.2) is 6.04 Å². The quantitative estimate of drug-likeness (QED) is 0.366. The standard InChI is InChI=1S/C17H10Cl2N4O3S/c18-12-5-4-9(7-13(12)19)14-8-27-17(20-14)22-21-15(16(24)25)10-2-1-3-11(6-10)23-26/h1-8,15H,(H,24,25). The van der Waals surface area contributed by atoms with Gasteiger partial charge in [0, 0.05) is 10.9 Å². The van der Waals surface area contributed by atoms with Crippen LogP contribution in [0.5, 0.6) is 0 Å². The number of hydrogen-bond donors (Lipinski definition) is 1. The summed E-state index contributed by atoms with van der Waals surface area (Å²) in [6, 6.07) is 9.72. The van der Waals surface area contributed by atoms with Gasteiger partial charge >= 0.3 is 5.97 Å². The van der Waals surface area contributed by atoms with Crippen LogP contribution < -0.4 is 0 Å². The fraction of sp³-hybridized carbons (Fsp3) is 0.0588. The first-order chi connectivity index (χ1) is 13.0. The second-order valence-electron chi connectivity index (χ2n) is 5.29. The number of aliphatic carboxylic acids is 1. The van der Waals surface area contributed by atoms with Gasteiger partial charge in [0.25, 0.3) is 0 Å². The number of azo groups is 1. The summed E-state index contributed by atoms with van der Waals surface area (Å²) in [5.74, 6) is -1.21. The van der Waals surface area contributed by atoms with Crippen LogP contribution in [0, 0.1) is 4.91 Å². The zero-order valence-electron chi connectivity index (χ0n) is 13.4. The maximum Gasteiger partial charge on any atom is 0.335 e. The Hall–Kier alpha value is -2.68. The third-order valence-corrected chi connectivity index (χ3v) is 4.96. The highest BCUT2D eigenvalue weighted by Crippen LogP contribution is 2.32. The maximum absolute atomic E-state index is 11.5. The van der Waals surface area contributed by atoms with E-state index in [1.807, 2.05) is 0 Å². The Bertz CT molecular complexity index is 1040. The van der Waals surface area contributed by atoms with Crippen LogP contribution in [0.3, 0.4) is 0 Å². The zero-order valence-corrected chi connectivity index (χ0v) is 15.7. The second-order valence-corrected chi connectivity index (χ2v) is 6.94. The van der Waals surface area contributed by atoms with Crippen LogP contribution in [0.1, 0.15) is 11.6 Å². The van der Waals surface area contributed by atoms with Crippen LogP contribution in [0.15, 0.2) is 63.3 Å². The first-order valence-corrected chi connectivity index (χ1v) is 9.09. The SMILES string of the molecule is O=Nc1cccc(C(N=Nc2nc(-c3ccc(Cl)c(Cl)c3)cs2)C(=O)O)c1. The summed E-state index contributed by atoms with van der Waals surface area (Å²) >= 11 is 13.1. The third kappa shape index (κ3) is 4.54. The minimum Gasteiger partial charge on any atom is -0.479 e. The molecule has 136 valence electrons. The normalized spacial score (nSPS) is 12.2. The van der Waals surface area contributed by atoms with Gasteiger partial charge < -0.3 is 5.11 Å². The fourth-order valence-corrected chi connectivity index (χ4v) is 3.16. The van der Waals surface area contributed by atoms with E-state index in [0.29, 0.717) is 21.3 Å². The van der Waals surface area contributed by atoms with E-state index in [2.05, 4.69) is 20.4 Å². The summed E-state index contributed by atoms with van der Waals surface area (Å²) in [5, 5.41) is 22.9. The highest BCUT2D eigenvalue weighted by atomic mass is 35.5. The molecule has 10 heteroatoms. The van der Waals surface area contributed by atoms with Crippen LogP contribution in [0.2, 0.25) is 10.0 Å². The van der Waals surface area contributed by atoms with E-state index >= 15 is 0 Å². The molecule has 1 atom stereocenters. The first kappa shape index (κ1) is 19.1. The molecule has 0 aliphatic rings. The minimum absolute atomic E-state index is 0.116. The molecule has 0 aliphatic heterocycles. The Morgan fingerprint density at radius 1 is 1.15 bits per heavy atom. The lowest BCUT2D eigenvalue weighted by molar-refractivity contribution is -0.138. The van der Waals surface area contributed by atoms with Gasteiger partial charge in [0.1, 0.15) is 5.69 Å². The smallest absolute Gasteiger partial charge is 0.335 e. The molecule has 1 aromatic heterocycles. The van der Waals surface area contributed by atoms with Crippen LogP contribution in [0.25, 0.3) is 11.3 Å². The van der Waals surface area contributed by atoms with E-state index < -0.39 is 12.0 Å². The number of hydrogen-bond acceptors (Lipinski definition) is 7. The Kier molecular flexibility index (Phi) is 5.90. The average molecular weight is 421 g/mol. The second kappa shape index (κ2) is 8.34.